The van der Waals surface area contributed by atoms with Gasteiger partial charge in [-0.05, 0) is 45.9 Å². The van der Waals surface area contributed by atoms with Crippen LogP contribution in [0.5, 0.6) is 5.75 Å². The van der Waals surface area contributed by atoms with Crippen molar-refractivity contribution < 1.29 is 9.15 Å². The Balaban J connectivity index is 1.42. The number of amidine groups is 1. The lowest BCUT2D eigenvalue weighted by molar-refractivity contribution is 0.306. The number of rotatable bonds is 4. The molecule has 0 bridgehead atoms. The van der Waals surface area contributed by atoms with E-state index in [-0.39, 0.29) is 0 Å². The van der Waals surface area contributed by atoms with Crippen molar-refractivity contribution in [2.75, 3.05) is 13.1 Å². The largest absolute Gasteiger partial charge is 0.489 e. The van der Waals surface area contributed by atoms with Gasteiger partial charge in [0.15, 0.2) is 10.8 Å². The van der Waals surface area contributed by atoms with Gasteiger partial charge >= 0.3 is 0 Å². The van der Waals surface area contributed by atoms with Gasteiger partial charge in [-0.25, -0.2) is 4.98 Å². The standard InChI is InChI=1S/C18H13BrN4O2S/c19-16-15(23-7-6-21-18(23)26-16)17-22-13-8-12(3-4-14(13)25-17)24-10-11-2-1-5-20-9-11/h1-5,8-9H,6-7,10H2. The minimum atomic E-state index is 0.463. The van der Waals surface area contributed by atoms with Crippen molar-refractivity contribution >= 4 is 49.7 Å². The molecule has 5 rings (SSSR count). The molecule has 2 aromatic heterocycles. The highest BCUT2D eigenvalue weighted by Crippen LogP contribution is 2.44. The van der Waals surface area contributed by atoms with Gasteiger partial charge in [-0.15, -0.1) is 0 Å². The highest BCUT2D eigenvalue weighted by Gasteiger charge is 2.34. The van der Waals surface area contributed by atoms with E-state index in [9.17, 15) is 0 Å². The predicted octanol–water partition coefficient (Wildman–Crippen LogP) is 4.24. The molecule has 0 atom stereocenters. The average molecular weight is 429 g/mol. The van der Waals surface area contributed by atoms with Gasteiger partial charge in [-0.2, -0.15) is 0 Å². The van der Waals surface area contributed by atoms with Gasteiger partial charge in [-0.1, -0.05) is 6.07 Å². The monoisotopic (exact) mass is 428 g/mol. The molecule has 0 N–H and O–H groups in total. The van der Waals surface area contributed by atoms with Crippen LogP contribution in [-0.4, -0.2) is 33.1 Å². The van der Waals surface area contributed by atoms with Crippen molar-refractivity contribution in [2.24, 2.45) is 4.99 Å². The molecule has 4 heterocycles. The summed E-state index contributed by atoms with van der Waals surface area (Å²) in [5.74, 6) is 1.34. The smallest absolute Gasteiger partial charge is 0.246 e. The Kier molecular flexibility index (Phi) is 3.94. The third kappa shape index (κ3) is 2.79. The van der Waals surface area contributed by atoms with Crippen molar-refractivity contribution in [1.29, 1.82) is 0 Å². The zero-order valence-corrected chi connectivity index (χ0v) is 16.0. The number of oxazole rings is 1. The molecule has 3 aromatic rings. The molecule has 1 aromatic carbocycles. The number of nitrogens with zero attached hydrogens (tertiary/aromatic N) is 4. The fraction of sp³-hybridized carbons (Fsp3) is 0.167. The van der Waals surface area contributed by atoms with E-state index in [2.05, 4.69) is 35.8 Å². The normalized spacial score (nSPS) is 16.3. The van der Waals surface area contributed by atoms with Crippen molar-refractivity contribution in [2.45, 2.75) is 6.61 Å². The number of hydrogen-bond acceptors (Lipinski definition) is 7. The fourth-order valence-corrected chi connectivity index (χ4v) is 4.63. The van der Waals surface area contributed by atoms with Crippen LogP contribution in [-0.2, 0) is 6.61 Å². The van der Waals surface area contributed by atoms with Gasteiger partial charge in [0.25, 0.3) is 0 Å². The van der Waals surface area contributed by atoms with E-state index in [1.165, 1.54) is 0 Å². The molecule has 0 saturated carbocycles. The van der Waals surface area contributed by atoms with Gasteiger partial charge in [-0.3, -0.25) is 9.98 Å². The summed E-state index contributed by atoms with van der Waals surface area (Å²) in [6, 6.07) is 9.56. The van der Waals surface area contributed by atoms with Crippen LogP contribution < -0.4 is 4.74 Å². The van der Waals surface area contributed by atoms with Gasteiger partial charge < -0.3 is 14.1 Å². The topological polar surface area (TPSA) is 63.8 Å². The van der Waals surface area contributed by atoms with Gasteiger partial charge in [0.2, 0.25) is 5.89 Å². The average Bonchev–Trinajstić information content (AvgIpc) is 3.34. The number of fused-ring (bicyclic) bond motifs is 2. The lowest BCUT2D eigenvalue weighted by atomic mass is 10.3. The minimum Gasteiger partial charge on any atom is -0.489 e. The summed E-state index contributed by atoms with van der Waals surface area (Å²) >= 11 is 5.21. The number of ether oxygens (including phenoxy) is 1. The quantitative estimate of drug-likeness (QED) is 0.618. The Morgan fingerprint density at radius 1 is 1.31 bits per heavy atom. The zero-order chi connectivity index (χ0) is 17.5. The van der Waals surface area contributed by atoms with Crippen LogP contribution in [0.4, 0.5) is 0 Å². The van der Waals surface area contributed by atoms with Gasteiger partial charge in [0.1, 0.15) is 23.6 Å². The Morgan fingerprint density at radius 2 is 2.27 bits per heavy atom. The Hall–Kier alpha value is -2.32. The van der Waals surface area contributed by atoms with Crippen LogP contribution in [0.3, 0.4) is 0 Å². The molecule has 0 amide bonds. The summed E-state index contributed by atoms with van der Waals surface area (Å²) < 4.78 is 12.8. The van der Waals surface area contributed by atoms with Crippen LogP contribution >= 0.6 is 27.7 Å². The second-order valence-corrected chi connectivity index (χ2v) is 8.13. The Morgan fingerprint density at radius 3 is 3.15 bits per heavy atom. The molecule has 130 valence electrons. The van der Waals surface area contributed by atoms with Crippen LogP contribution in [0.1, 0.15) is 11.5 Å². The molecular formula is C18H13BrN4O2S. The first-order valence-corrected chi connectivity index (χ1v) is 9.71. The molecule has 0 saturated heterocycles. The number of halogens is 1. The number of pyridine rings is 1. The van der Waals surface area contributed by atoms with Crippen LogP contribution in [0.25, 0.3) is 16.8 Å². The number of aliphatic imine (C=N–C) groups is 1. The molecule has 0 spiro atoms. The molecule has 0 fully saturated rings. The maximum Gasteiger partial charge on any atom is 0.246 e. The maximum absolute atomic E-state index is 5.97. The summed E-state index contributed by atoms with van der Waals surface area (Å²) in [5, 5.41) is 0.995. The molecule has 0 aliphatic carbocycles. The second-order valence-electron chi connectivity index (χ2n) is 5.84. The Labute approximate surface area is 162 Å². The first-order valence-electron chi connectivity index (χ1n) is 8.10. The highest BCUT2D eigenvalue weighted by molar-refractivity contribution is 9.14. The van der Waals surface area contributed by atoms with Crippen molar-refractivity contribution in [3.05, 3.63) is 58.0 Å². The van der Waals surface area contributed by atoms with E-state index in [0.717, 1.165) is 50.2 Å². The van der Waals surface area contributed by atoms with E-state index < -0.39 is 0 Å². The second kappa shape index (κ2) is 6.44. The summed E-state index contributed by atoms with van der Waals surface area (Å²) in [4.78, 5) is 15.4. The molecular weight excluding hydrogens is 416 g/mol. The SMILES string of the molecule is BrC1=C(c2nc3cc(OCc4cccnc4)ccc3o2)N2CCN=C2S1. The number of hydrogen-bond donors (Lipinski definition) is 0. The first kappa shape index (κ1) is 15.9. The number of thioether (sulfide) groups is 1. The van der Waals surface area contributed by atoms with E-state index in [1.54, 1.807) is 24.2 Å². The molecule has 2 aliphatic rings. The van der Waals surface area contributed by atoms with E-state index in [1.807, 2.05) is 30.3 Å². The summed E-state index contributed by atoms with van der Waals surface area (Å²) in [7, 11) is 0. The van der Waals surface area contributed by atoms with Crippen LogP contribution in [0, 0.1) is 0 Å². The third-order valence-corrected chi connectivity index (χ3v) is 5.89. The third-order valence-electron chi connectivity index (χ3n) is 4.13. The molecule has 0 radical (unpaired) electrons. The van der Waals surface area contributed by atoms with Crippen LogP contribution in [0.15, 0.2) is 55.9 Å². The minimum absolute atomic E-state index is 0.463. The van der Waals surface area contributed by atoms with E-state index >= 15 is 0 Å². The van der Waals surface area contributed by atoms with E-state index in [0.29, 0.717) is 12.5 Å². The molecule has 6 nitrogen and oxygen atoms in total. The Bertz CT molecular complexity index is 1050. The summed E-state index contributed by atoms with van der Waals surface area (Å²) in [6.45, 7) is 2.12. The lowest BCUT2D eigenvalue weighted by Crippen LogP contribution is -2.20. The maximum atomic E-state index is 5.97. The van der Waals surface area contributed by atoms with Gasteiger partial charge in [0.05, 0.1) is 10.4 Å². The van der Waals surface area contributed by atoms with Crippen LogP contribution in [0.2, 0.25) is 0 Å². The first-order chi connectivity index (χ1) is 12.8. The zero-order valence-electron chi connectivity index (χ0n) is 13.6. The summed E-state index contributed by atoms with van der Waals surface area (Å²) in [5.41, 5.74) is 3.47. The molecule has 8 heteroatoms. The molecule has 0 unspecified atom stereocenters. The number of benzene rings is 1. The van der Waals surface area contributed by atoms with E-state index in [4.69, 9.17) is 9.15 Å². The van der Waals surface area contributed by atoms with Crippen molar-refractivity contribution in [3.63, 3.8) is 0 Å². The van der Waals surface area contributed by atoms with Crippen molar-refractivity contribution in [3.8, 4) is 5.75 Å². The van der Waals surface area contributed by atoms with Gasteiger partial charge in [0, 0.05) is 30.6 Å². The van der Waals surface area contributed by atoms with Crippen molar-refractivity contribution in [1.82, 2.24) is 14.9 Å². The fourth-order valence-electron chi connectivity index (χ4n) is 2.90. The predicted molar refractivity (Wildman–Crippen MR) is 105 cm³/mol. The lowest BCUT2D eigenvalue weighted by Gasteiger charge is -2.12. The highest BCUT2D eigenvalue weighted by atomic mass is 79.9. The number of aromatic nitrogens is 2. The molecule has 2 aliphatic heterocycles. The summed E-state index contributed by atoms with van der Waals surface area (Å²) in [6.07, 6.45) is 3.54. The molecule has 26 heavy (non-hydrogen) atoms.